The number of hydrogen-bond acceptors (Lipinski definition) is 3. The van der Waals surface area contributed by atoms with Crippen molar-refractivity contribution in [3.63, 3.8) is 0 Å². The predicted octanol–water partition coefficient (Wildman–Crippen LogP) is 2.18. The summed E-state index contributed by atoms with van der Waals surface area (Å²) in [6.45, 7) is 12.0. The Hall–Kier alpha value is -0.193. The summed E-state index contributed by atoms with van der Waals surface area (Å²) in [6, 6.07) is 0.423. The van der Waals surface area contributed by atoms with Crippen molar-refractivity contribution >= 4 is 14.5 Å². The monoisotopic (exact) mass is 228 g/mol. The van der Waals surface area contributed by atoms with Crippen LogP contribution in [-0.2, 0) is 4.43 Å². The Morgan fingerprint density at radius 1 is 1.47 bits per heavy atom. The molecule has 1 aliphatic rings. The van der Waals surface area contributed by atoms with Crippen molar-refractivity contribution in [2.24, 2.45) is 10.7 Å². The molecule has 0 saturated carbocycles. The summed E-state index contributed by atoms with van der Waals surface area (Å²) < 4.78 is 6.10. The molecule has 2 atom stereocenters. The lowest BCUT2D eigenvalue weighted by atomic mass is 10.2. The molecule has 0 fully saturated rings. The van der Waals surface area contributed by atoms with E-state index in [0.29, 0.717) is 0 Å². The zero-order chi connectivity index (χ0) is 11.7. The van der Waals surface area contributed by atoms with Crippen molar-refractivity contribution in [1.29, 1.82) is 0 Å². The van der Waals surface area contributed by atoms with Crippen LogP contribution in [0.25, 0.3) is 0 Å². The van der Waals surface area contributed by atoms with E-state index in [9.17, 15) is 0 Å². The second kappa shape index (κ2) is 4.35. The summed E-state index contributed by atoms with van der Waals surface area (Å²) in [5.41, 5.74) is 5.76. The normalized spacial score (nSPS) is 27.3. The average Bonchev–Trinajstić information content (AvgIpc) is 2.46. The third-order valence-electron chi connectivity index (χ3n) is 3.48. The highest BCUT2D eigenvalue weighted by atomic mass is 28.4. The molecule has 1 rings (SSSR count). The van der Waals surface area contributed by atoms with Gasteiger partial charge in [0.1, 0.15) is 0 Å². The molecule has 0 spiro atoms. The van der Waals surface area contributed by atoms with E-state index < -0.39 is 8.32 Å². The largest absolute Gasteiger partial charge is 0.415 e. The molecule has 2 N–H and O–H groups in total. The summed E-state index contributed by atoms with van der Waals surface area (Å²) in [5, 5.41) is 0.275. The smallest absolute Gasteiger partial charge is 0.192 e. The van der Waals surface area contributed by atoms with Crippen LogP contribution in [-0.4, -0.2) is 33.2 Å². The van der Waals surface area contributed by atoms with Crippen LogP contribution in [0.4, 0.5) is 0 Å². The van der Waals surface area contributed by atoms with E-state index in [2.05, 4.69) is 38.9 Å². The minimum absolute atomic E-state index is 0.137. The first-order chi connectivity index (χ1) is 6.72. The molecular weight excluding hydrogens is 204 g/mol. The maximum atomic E-state index is 6.10. The number of rotatable bonds is 3. The molecule has 0 bridgehead atoms. The fourth-order valence-electron chi connectivity index (χ4n) is 1.30. The molecule has 0 amide bonds. The topological polar surface area (TPSA) is 47.6 Å². The first-order valence-electron chi connectivity index (χ1n) is 5.65. The Labute approximate surface area is 94.2 Å². The molecule has 0 saturated heterocycles. The number of aliphatic imine (C=N–C) groups is 1. The Balaban J connectivity index is 2.40. The van der Waals surface area contributed by atoms with Crippen LogP contribution in [0.15, 0.2) is 4.99 Å². The van der Waals surface area contributed by atoms with Crippen LogP contribution in [0.2, 0.25) is 18.1 Å². The maximum absolute atomic E-state index is 6.10. The Morgan fingerprint density at radius 2 is 2.07 bits per heavy atom. The minimum atomic E-state index is -1.61. The van der Waals surface area contributed by atoms with Crippen molar-refractivity contribution in [3.05, 3.63) is 0 Å². The average molecular weight is 228 g/mol. The van der Waals surface area contributed by atoms with Crippen LogP contribution in [0, 0.1) is 0 Å². The quantitative estimate of drug-likeness (QED) is 0.753. The van der Waals surface area contributed by atoms with Crippen LogP contribution >= 0.6 is 0 Å². The highest BCUT2D eigenvalue weighted by molar-refractivity contribution is 6.74. The van der Waals surface area contributed by atoms with Gasteiger partial charge in [-0.15, -0.1) is 0 Å². The van der Waals surface area contributed by atoms with E-state index in [0.717, 1.165) is 13.0 Å². The molecule has 0 aromatic rings. The molecule has 2 unspecified atom stereocenters. The number of nitrogens with two attached hydrogens (primary N) is 1. The van der Waals surface area contributed by atoms with E-state index in [-0.39, 0.29) is 17.1 Å². The Morgan fingerprint density at radius 3 is 2.47 bits per heavy atom. The van der Waals surface area contributed by atoms with Crippen molar-refractivity contribution in [1.82, 2.24) is 0 Å². The lowest BCUT2D eigenvalue weighted by molar-refractivity contribution is 0.262. The summed E-state index contributed by atoms with van der Waals surface area (Å²) in [4.78, 5) is 4.35. The van der Waals surface area contributed by atoms with E-state index in [1.54, 1.807) is 0 Å². The van der Waals surface area contributed by atoms with E-state index in [4.69, 9.17) is 10.2 Å². The molecule has 0 aromatic heterocycles. The highest BCUT2D eigenvalue weighted by Crippen LogP contribution is 2.36. The van der Waals surface area contributed by atoms with Gasteiger partial charge >= 0.3 is 0 Å². The van der Waals surface area contributed by atoms with Gasteiger partial charge in [-0.3, -0.25) is 4.99 Å². The van der Waals surface area contributed by atoms with Crippen LogP contribution in [0.3, 0.4) is 0 Å². The van der Waals surface area contributed by atoms with Crippen LogP contribution < -0.4 is 5.73 Å². The van der Waals surface area contributed by atoms with Gasteiger partial charge in [-0.2, -0.15) is 0 Å². The summed E-state index contributed by atoms with van der Waals surface area (Å²) in [7, 11) is -1.61. The van der Waals surface area contributed by atoms with Gasteiger partial charge in [0.15, 0.2) is 8.32 Å². The van der Waals surface area contributed by atoms with Gasteiger partial charge in [0.05, 0.1) is 12.6 Å². The van der Waals surface area contributed by atoms with Crippen LogP contribution in [0.1, 0.15) is 27.2 Å². The van der Waals surface area contributed by atoms with Crippen molar-refractivity contribution in [3.8, 4) is 0 Å². The van der Waals surface area contributed by atoms with Crippen molar-refractivity contribution < 1.29 is 4.43 Å². The third-order valence-corrected chi connectivity index (χ3v) is 7.98. The lowest BCUT2D eigenvalue weighted by Gasteiger charge is -2.36. The molecule has 1 aliphatic heterocycles. The fraction of sp³-hybridized carbons (Fsp3) is 0.909. The second-order valence-corrected chi connectivity index (χ2v) is 10.7. The molecule has 0 aliphatic carbocycles. The summed E-state index contributed by atoms with van der Waals surface area (Å²) >= 11 is 0. The third kappa shape index (κ3) is 3.40. The van der Waals surface area contributed by atoms with Gasteiger partial charge in [0.25, 0.3) is 0 Å². The molecule has 4 heteroatoms. The fourth-order valence-corrected chi connectivity index (χ4v) is 2.34. The van der Waals surface area contributed by atoms with Gasteiger partial charge in [0, 0.05) is 12.3 Å². The zero-order valence-electron chi connectivity index (χ0n) is 10.6. The second-order valence-electron chi connectivity index (χ2n) is 5.92. The van der Waals surface area contributed by atoms with E-state index >= 15 is 0 Å². The van der Waals surface area contributed by atoms with Gasteiger partial charge in [-0.25, -0.2) is 0 Å². The van der Waals surface area contributed by atoms with Gasteiger partial charge in [-0.1, -0.05) is 20.8 Å². The summed E-state index contributed by atoms with van der Waals surface area (Å²) in [5.74, 6) is 0. The van der Waals surface area contributed by atoms with Gasteiger partial charge < -0.3 is 10.2 Å². The molecular formula is C11H24N2OSi. The Kier molecular flexibility index (Phi) is 3.74. The SMILES string of the molecule is CC(C)(C)[Si](C)(C)OCC1CC(N)C=N1. The predicted molar refractivity (Wildman–Crippen MR) is 68.0 cm³/mol. The van der Waals surface area contributed by atoms with Crippen molar-refractivity contribution in [2.75, 3.05) is 6.61 Å². The molecule has 3 nitrogen and oxygen atoms in total. The number of hydrogen-bond donors (Lipinski definition) is 1. The molecule has 88 valence electrons. The number of nitrogens with zero attached hydrogens (tertiary/aromatic N) is 1. The highest BCUT2D eigenvalue weighted by Gasteiger charge is 2.37. The zero-order valence-corrected chi connectivity index (χ0v) is 11.6. The van der Waals surface area contributed by atoms with Gasteiger partial charge in [0.2, 0.25) is 0 Å². The molecule has 1 heterocycles. The lowest BCUT2D eigenvalue weighted by Crippen LogP contribution is -2.42. The molecule has 15 heavy (non-hydrogen) atoms. The minimum Gasteiger partial charge on any atom is -0.415 e. The van der Waals surface area contributed by atoms with E-state index in [1.165, 1.54) is 0 Å². The standard InChI is InChI=1S/C11H24N2OSi/c1-11(2,3)15(4,5)14-8-10-6-9(12)7-13-10/h7,9-10H,6,8,12H2,1-5H3. The first-order valence-corrected chi connectivity index (χ1v) is 8.56. The Bertz CT molecular complexity index is 245. The molecule has 0 radical (unpaired) electrons. The van der Waals surface area contributed by atoms with Crippen LogP contribution in [0.5, 0.6) is 0 Å². The summed E-state index contributed by atoms with van der Waals surface area (Å²) in [6.07, 6.45) is 2.79. The first kappa shape index (κ1) is 12.9. The van der Waals surface area contributed by atoms with E-state index in [1.807, 2.05) is 6.21 Å². The maximum Gasteiger partial charge on any atom is 0.192 e. The molecule has 0 aromatic carbocycles. The van der Waals surface area contributed by atoms with Gasteiger partial charge in [-0.05, 0) is 24.6 Å². The van der Waals surface area contributed by atoms with Crippen molar-refractivity contribution in [2.45, 2.75) is 57.4 Å².